The standard InChI is InChI=1S/C21H15BrClNO.C21H15ClN2O3.C21H17ClN2O.C20H16BrClN2O2.C20H13BrClNO/c1-13-3-6-17(23)11-19(13)21-15(12-24)9-16(22)10-20(21)14-4-7-18(25-2)8-5-14;1-13-3-6-16(22)10-19(13)21-15(12-23)9-17(24(25)26)11-20(21)14-4-7-18(27-2)8-5-14;1-13-3-6-16(22)10-19(13)21-15(12-23)9-17(24)11-20(21)14-4-7-18(25-2)8-5-14;1-11-2-5-14(22)10-16(11)19-17(12-3-6-15(25)7-4-12)8-13(21)9-18(19)20(23)24-26;1-12-2-5-16(22)10-18(12)20-14(11-23)8-15(21)9-19(20)13-3-6-17(24)7-4-13/h3-11H,1-2H3;3-11H,1-2H3;3-11H,24H2,1-2H3;2-10,25-26H,1H3,(H2,23,24);2-10,24H,1H3. The molecular formula is C103H76Br3Cl5N8O8. The fourth-order valence-corrected chi connectivity index (χ4v) is 16.6. The number of amidine groups is 1. The van der Waals surface area contributed by atoms with E-state index in [0.717, 1.165) is 153 Å². The number of nitro benzene ring substituents is 1. The Morgan fingerprint density at radius 3 is 0.890 bits per heavy atom. The summed E-state index contributed by atoms with van der Waals surface area (Å²) in [5.74, 6) is 2.62. The smallest absolute Gasteiger partial charge is 0.271 e. The van der Waals surface area contributed by atoms with Crippen LogP contribution in [-0.4, -0.2) is 47.5 Å². The normalized spacial score (nSPS) is 10.6. The molecule has 0 aliphatic rings. The van der Waals surface area contributed by atoms with E-state index in [2.05, 4.69) is 77.2 Å². The predicted molar refractivity (Wildman–Crippen MR) is 524 cm³/mol. The van der Waals surface area contributed by atoms with Gasteiger partial charge in [-0.3, -0.25) is 10.1 Å². The number of halogens is 8. The third kappa shape index (κ3) is 22.8. The van der Waals surface area contributed by atoms with Gasteiger partial charge in [-0.05, 0) is 316 Å². The van der Waals surface area contributed by atoms with Gasteiger partial charge in [-0.25, -0.2) is 0 Å². The monoisotopic (exact) mass is 1960 g/mol. The molecule has 0 heterocycles. The molecule has 15 aromatic rings. The van der Waals surface area contributed by atoms with E-state index < -0.39 is 4.92 Å². The maximum Gasteiger partial charge on any atom is 0.271 e. The highest BCUT2D eigenvalue weighted by Crippen LogP contribution is 2.47. The van der Waals surface area contributed by atoms with E-state index in [1.807, 2.05) is 229 Å². The molecule has 0 radical (unpaired) electrons. The molecule has 0 spiro atoms. The van der Waals surface area contributed by atoms with Gasteiger partial charge in [0.15, 0.2) is 5.84 Å². The fraction of sp³-hybridized carbons (Fsp3) is 0.0777. The van der Waals surface area contributed by atoms with Crippen molar-refractivity contribution in [2.24, 2.45) is 10.9 Å². The second-order valence-electron chi connectivity index (χ2n) is 28.8. The van der Waals surface area contributed by atoms with Crippen molar-refractivity contribution in [3.8, 4) is 164 Å². The molecular weight excluding hydrogens is 1890 g/mol. The Kier molecular flexibility index (Phi) is 31.9. The number of nitro groups is 1. The van der Waals surface area contributed by atoms with Crippen molar-refractivity contribution in [1.82, 2.24) is 0 Å². The Hall–Kier alpha value is -13.4. The van der Waals surface area contributed by atoms with Crippen molar-refractivity contribution in [2.75, 3.05) is 27.1 Å². The molecule has 0 saturated carbocycles. The molecule has 0 bridgehead atoms. The molecule has 24 heteroatoms. The van der Waals surface area contributed by atoms with Gasteiger partial charge in [0.05, 0.1) is 66.7 Å². The number of nitrogen functional groups attached to an aromatic ring is 1. The SMILES string of the molecule is COc1ccc(-c2cc(Br)cc(C#N)c2-c2cc(Cl)ccc2C)cc1.COc1ccc(-c2cc(N)cc(C#N)c2-c2cc(Cl)ccc2C)cc1.COc1ccc(-c2cc([N+](=O)[O-])cc(C#N)c2-c2cc(Cl)ccc2C)cc1.Cc1ccc(Cl)cc1-c1c(/C(N)=N/O)cc(Br)cc1-c1ccc(O)cc1.Cc1ccc(Cl)cc1-c1c(C#N)cc(Br)cc1-c1ccc(O)cc1. The van der Waals surface area contributed by atoms with Gasteiger partial charge in [-0.2, -0.15) is 21.0 Å². The topological polar surface area (TPSA) is 291 Å². The Labute approximate surface area is 786 Å². The number of hydrogen-bond acceptors (Lipinski definition) is 14. The average Bonchev–Trinajstić information content (AvgIpc) is 0.796. The summed E-state index contributed by atoms with van der Waals surface area (Å²) in [6, 6.07) is 91.3. The van der Waals surface area contributed by atoms with E-state index in [9.17, 15) is 46.6 Å². The first-order valence-corrected chi connectivity index (χ1v) is 42.9. The van der Waals surface area contributed by atoms with Gasteiger partial charge < -0.3 is 41.1 Å². The van der Waals surface area contributed by atoms with Crippen LogP contribution in [0.5, 0.6) is 28.7 Å². The number of ether oxygens (including phenoxy) is 3. The van der Waals surface area contributed by atoms with Crippen molar-refractivity contribution in [2.45, 2.75) is 34.6 Å². The summed E-state index contributed by atoms with van der Waals surface area (Å²) in [5, 5.41) is 84.7. The number of non-ortho nitro benzene ring substituents is 1. The molecule has 16 nitrogen and oxygen atoms in total. The second kappa shape index (κ2) is 43.0. The summed E-state index contributed by atoms with van der Waals surface area (Å²) in [5.41, 5.74) is 37.2. The van der Waals surface area contributed by atoms with Gasteiger partial charge in [-0.15, -0.1) is 0 Å². The Morgan fingerprint density at radius 1 is 0.354 bits per heavy atom. The van der Waals surface area contributed by atoms with Crippen LogP contribution < -0.4 is 25.7 Å². The number of phenolic OH excluding ortho intramolecular Hbond substituents is 2. The number of phenols is 2. The van der Waals surface area contributed by atoms with E-state index in [0.29, 0.717) is 69.9 Å². The van der Waals surface area contributed by atoms with E-state index in [4.69, 9.17) is 83.7 Å². The summed E-state index contributed by atoms with van der Waals surface area (Å²) < 4.78 is 18.1. The quantitative estimate of drug-likeness (QED) is 0.0159. The van der Waals surface area contributed by atoms with Crippen molar-refractivity contribution >= 4 is 123 Å². The summed E-state index contributed by atoms with van der Waals surface area (Å²) >= 11 is 41.5. The van der Waals surface area contributed by atoms with E-state index in [-0.39, 0.29) is 28.6 Å². The number of nitrogens with two attached hydrogens (primary N) is 2. The summed E-state index contributed by atoms with van der Waals surface area (Å²) in [6.07, 6.45) is 0. The lowest BCUT2D eigenvalue weighted by atomic mass is 9.88. The highest BCUT2D eigenvalue weighted by atomic mass is 79.9. The largest absolute Gasteiger partial charge is 0.508 e. The maximum absolute atomic E-state index is 11.4. The highest BCUT2D eigenvalue weighted by molar-refractivity contribution is 9.11. The summed E-state index contributed by atoms with van der Waals surface area (Å²) in [4.78, 5) is 10.9. The number of rotatable bonds is 15. The van der Waals surface area contributed by atoms with Crippen molar-refractivity contribution in [1.29, 1.82) is 21.0 Å². The van der Waals surface area contributed by atoms with Gasteiger partial charge in [0.2, 0.25) is 0 Å². The molecule has 0 saturated heterocycles. The lowest BCUT2D eigenvalue weighted by Crippen LogP contribution is -2.15. The number of aromatic hydroxyl groups is 2. The van der Waals surface area contributed by atoms with Crippen LogP contribution in [0.3, 0.4) is 0 Å². The summed E-state index contributed by atoms with van der Waals surface area (Å²) in [6.45, 7) is 9.90. The Morgan fingerprint density at radius 2 is 0.606 bits per heavy atom. The molecule has 632 valence electrons. The molecule has 15 rings (SSSR count). The number of anilines is 1. The number of nitriles is 4. The highest BCUT2D eigenvalue weighted by Gasteiger charge is 2.25. The van der Waals surface area contributed by atoms with E-state index >= 15 is 0 Å². The molecule has 0 aliphatic heterocycles. The predicted octanol–water partition coefficient (Wildman–Crippen LogP) is 29.7. The molecule has 0 aliphatic carbocycles. The van der Waals surface area contributed by atoms with Gasteiger partial charge in [0.25, 0.3) is 5.69 Å². The van der Waals surface area contributed by atoms with Crippen LogP contribution in [0.15, 0.2) is 292 Å². The first-order valence-electron chi connectivity index (χ1n) is 38.6. The van der Waals surface area contributed by atoms with Crippen molar-refractivity contribution in [3.05, 3.63) is 377 Å². The maximum atomic E-state index is 11.4. The van der Waals surface area contributed by atoms with Crippen LogP contribution >= 0.6 is 106 Å². The summed E-state index contributed by atoms with van der Waals surface area (Å²) in [7, 11) is 4.84. The molecule has 127 heavy (non-hydrogen) atoms. The van der Waals surface area contributed by atoms with Gasteiger partial charge >= 0.3 is 0 Å². The molecule has 0 amide bonds. The number of aryl methyl sites for hydroxylation is 5. The zero-order valence-electron chi connectivity index (χ0n) is 69.2. The van der Waals surface area contributed by atoms with E-state index in [1.165, 1.54) is 12.1 Å². The molecule has 0 fully saturated rings. The van der Waals surface area contributed by atoms with E-state index in [1.54, 1.807) is 88.1 Å². The third-order valence-corrected chi connectivity index (χ3v) is 23.1. The van der Waals surface area contributed by atoms with Gasteiger partial charge in [0.1, 0.15) is 34.8 Å². The zero-order chi connectivity index (χ0) is 91.6. The lowest BCUT2D eigenvalue weighted by Gasteiger charge is -2.18. The van der Waals surface area contributed by atoms with Crippen LogP contribution in [0.25, 0.3) is 111 Å². The third-order valence-electron chi connectivity index (χ3n) is 20.6. The molecule has 15 aromatic carbocycles. The van der Waals surface area contributed by atoms with Crippen LogP contribution in [0.4, 0.5) is 11.4 Å². The first-order chi connectivity index (χ1) is 60.9. The van der Waals surface area contributed by atoms with Crippen LogP contribution in [0.1, 0.15) is 55.6 Å². The van der Waals surface area contributed by atoms with Crippen LogP contribution in [0, 0.1) is 90.1 Å². The molecule has 7 N–H and O–H groups in total. The minimum atomic E-state index is -0.498. The van der Waals surface area contributed by atoms with Crippen molar-refractivity contribution < 1.29 is 34.6 Å². The molecule has 0 aromatic heterocycles. The van der Waals surface area contributed by atoms with Crippen LogP contribution in [-0.2, 0) is 0 Å². The Bertz CT molecular complexity index is 6730. The minimum absolute atomic E-state index is 0.000652. The molecule has 0 unspecified atom stereocenters. The average molecular weight is 1970 g/mol. The van der Waals surface area contributed by atoms with Gasteiger partial charge in [-0.1, -0.05) is 202 Å². The van der Waals surface area contributed by atoms with Crippen LogP contribution in [0.2, 0.25) is 25.1 Å². The van der Waals surface area contributed by atoms with Crippen molar-refractivity contribution in [3.63, 3.8) is 0 Å². The Balaban J connectivity index is 0.000000154. The number of methoxy groups -OCH3 is 3. The molecule has 0 atom stereocenters. The van der Waals surface area contributed by atoms with Gasteiger partial charge in [0, 0.05) is 89.7 Å². The first kappa shape index (κ1) is 94.3. The number of hydrogen-bond donors (Lipinski definition) is 5. The number of oxime groups is 1. The minimum Gasteiger partial charge on any atom is -0.508 e. The number of nitrogens with zero attached hydrogens (tertiary/aromatic N) is 6. The fourth-order valence-electron chi connectivity index (χ4n) is 14.3. The zero-order valence-corrected chi connectivity index (χ0v) is 77.8. The lowest BCUT2D eigenvalue weighted by molar-refractivity contribution is -0.384. The number of benzene rings is 15. The second-order valence-corrected chi connectivity index (χ2v) is 33.7.